The summed E-state index contributed by atoms with van der Waals surface area (Å²) in [6.07, 6.45) is -0.473. The maximum absolute atomic E-state index is 10.6. The standard InChI is InChI=1S/C6H10O3/c1-6(9)3-2-4(7)5(6)8/h5,8-9H,2-3H2,1H3. The summed E-state index contributed by atoms with van der Waals surface area (Å²) in [4.78, 5) is 10.6. The van der Waals surface area contributed by atoms with Crippen LogP contribution < -0.4 is 0 Å². The Morgan fingerprint density at radius 2 is 2.33 bits per heavy atom. The molecule has 1 saturated carbocycles. The Hall–Kier alpha value is -0.410. The maximum Gasteiger partial charge on any atom is 0.164 e. The van der Waals surface area contributed by atoms with Crippen LogP contribution in [0.5, 0.6) is 0 Å². The Labute approximate surface area is 53.3 Å². The van der Waals surface area contributed by atoms with Crippen LogP contribution >= 0.6 is 0 Å². The molecule has 9 heavy (non-hydrogen) atoms. The molecule has 0 aromatic rings. The highest BCUT2D eigenvalue weighted by Crippen LogP contribution is 2.26. The lowest BCUT2D eigenvalue weighted by Crippen LogP contribution is -2.36. The summed E-state index contributed by atoms with van der Waals surface area (Å²) < 4.78 is 0. The van der Waals surface area contributed by atoms with Crippen LogP contribution in [-0.4, -0.2) is 27.7 Å². The molecule has 1 aliphatic carbocycles. The van der Waals surface area contributed by atoms with Crippen molar-refractivity contribution in [3.8, 4) is 0 Å². The van der Waals surface area contributed by atoms with E-state index in [1.54, 1.807) is 0 Å². The molecule has 0 amide bonds. The minimum absolute atomic E-state index is 0.250. The maximum atomic E-state index is 10.6. The molecule has 0 aromatic heterocycles. The summed E-state index contributed by atoms with van der Waals surface area (Å²) >= 11 is 0. The average Bonchev–Trinajstić information content (AvgIpc) is 1.97. The molecule has 2 atom stereocenters. The number of hydrogen-bond donors (Lipinski definition) is 2. The molecule has 2 N–H and O–H groups in total. The highest BCUT2D eigenvalue weighted by molar-refractivity contribution is 5.86. The molecule has 0 radical (unpaired) electrons. The zero-order chi connectivity index (χ0) is 7.07. The molecule has 1 fully saturated rings. The molecule has 0 heterocycles. The van der Waals surface area contributed by atoms with Gasteiger partial charge in [0.1, 0.15) is 6.10 Å². The fourth-order valence-corrected chi connectivity index (χ4v) is 0.997. The van der Waals surface area contributed by atoms with Crippen molar-refractivity contribution in [2.45, 2.75) is 31.5 Å². The Morgan fingerprint density at radius 3 is 2.44 bits per heavy atom. The minimum Gasteiger partial charge on any atom is -0.387 e. The predicted octanol–water partition coefficient (Wildman–Crippen LogP) is -0.539. The van der Waals surface area contributed by atoms with Crippen LogP contribution in [0.2, 0.25) is 0 Å². The summed E-state index contributed by atoms with van der Waals surface area (Å²) in [6, 6.07) is 0. The van der Waals surface area contributed by atoms with Gasteiger partial charge in [-0.05, 0) is 13.3 Å². The van der Waals surface area contributed by atoms with Gasteiger partial charge in [-0.2, -0.15) is 0 Å². The second kappa shape index (κ2) is 1.78. The SMILES string of the molecule is CC1(O)CCC(=O)C1O. The summed E-state index contributed by atoms with van der Waals surface area (Å²) in [7, 11) is 0. The molecule has 0 aromatic carbocycles. The van der Waals surface area contributed by atoms with Crippen molar-refractivity contribution in [1.82, 2.24) is 0 Å². The molecule has 1 aliphatic rings. The van der Waals surface area contributed by atoms with Gasteiger partial charge in [-0.25, -0.2) is 0 Å². The zero-order valence-corrected chi connectivity index (χ0v) is 5.29. The molecule has 3 heteroatoms. The van der Waals surface area contributed by atoms with Crippen molar-refractivity contribution in [2.24, 2.45) is 0 Å². The number of aliphatic hydroxyl groups excluding tert-OH is 1. The molecule has 0 spiro atoms. The number of hydrogen-bond acceptors (Lipinski definition) is 3. The largest absolute Gasteiger partial charge is 0.387 e. The molecular weight excluding hydrogens is 120 g/mol. The van der Waals surface area contributed by atoms with Gasteiger partial charge in [-0.1, -0.05) is 0 Å². The molecule has 0 saturated heterocycles. The van der Waals surface area contributed by atoms with E-state index in [4.69, 9.17) is 10.2 Å². The first-order chi connectivity index (χ1) is 4.04. The average molecular weight is 130 g/mol. The van der Waals surface area contributed by atoms with E-state index >= 15 is 0 Å². The van der Waals surface area contributed by atoms with E-state index < -0.39 is 11.7 Å². The third kappa shape index (κ3) is 0.976. The zero-order valence-electron chi connectivity index (χ0n) is 5.29. The predicted molar refractivity (Wildman–Crippen MR) is 30.9 cm³/mol. The van der Waals surface area contributed by atoms with E-state index in [-0.39, 0.29) is 5.78 Å². The molecule has 3 nitrogen and oxygen atoms in total. The highest BCUT2D eigenvalue weighted by Gasteiger charge is 2.41. The lowest BCUT2D eigenvalue weighted by atomic mass is 10.0. The van der Waals surface area contributed by atoms with Crippen LogP contribution in [0.3, 0.4) is 0 Å². The van der Waals surface area contributed by atoms with Gasteiger partial charge in [0, 0.05) is 6.42 Å². The van der Waals surface area contributed by atoms with Crippen LogP contribution in [0.1, 0.15) is 19.8 Å². The van der Waals surface area contributed by atoms with Gasteiger partial charge in [0.05, 0.1) is 5.60 Å². The van der Waals surface area contributed by atoms with Crippen molar-refractivity contribution in [1.29, 1.82) is 0 Å². The Morgan fingerprint density at radius 1 is 1.78 bits per heavy atom. The minimum atomic E-state index is -1.17. The van der Waals surface area contributed by atoms with Gasteiger partial charge in [0.25, 0.3) is 0 Å². The fraction of sp³-hybridized carbons (Fsp3) is 0.833. The van der Waals surface area contributed by atoms with E-state index in [0.29, 0.717) is 12.8 Å². The number of Topliss-reactive ketones (excluding diaryl/α,β-unsaturated/α-hetero) is 1. The van der Waals surface area contributed by atoms with Crippen LogP contribution in [-0.2, 0) is 4.79 Å². The van der Waals surface area contributed by atoms with Crippen molar-refractivity contribution in [3.05, 3.63) is 0 Å². The van der Waals surface area contributed by atoms with Crippen LogP contribution in [0.4, 0.5) is 0 Å². The first-order valence-corrected chi connectivity index (χ1v) is 2.97. The number of carbonyl (C=O) groups is 1. The lowest BCUT2D eigenvalue weighted by Gasteiger charge is -2.18. The smallest absolute Gasteiger partial charge is 0.164 e. The van der Waals surface area contributed by atoms with Gasteiger partial charge in [0.15, 0.2) is 5.78 Å². The summed E-state index contributed by atoms with van der Waals surface area (Å²) in [5.74, 6) is -0.250. The Kier molecular flexibility index (Phi) is 1.33. The number of rotatable bonds is 0. The lowest BCUT2D eigenvalue weighted by molar-refractivity contribution is -0.131. The highest BCUT2D eigenvalue weighted by atomic mass is 16.3. The van der Waals surface area contributed by atoms with Gasteiger partial charge in [-0.15, -0.1) is 0 Å². The van der Waals surface area contributed by atoms with Crippen molar-refractivity contribution in [2.75, 3.05) is 0 Å². The first kappa shape index (κ1) is 6.71. The van der Waals surface area contributed by atoms with Crippen LogP contribution in [0.25, 0.3) is 0 Å². The van der Waals surface area contributed by atoms with E-state index in [9.17, 15) is 4.79 Å². The van der Waals surface area contributed by atoms with Crippen molar-refractivity contribution in [3.63, 3.8) is 0 Å². The molecular formula is C6H10O3. The van der Waals surface area contributed by atoms with Gasteiger partial charge < -0.3 is 10.2 Å². The normalized spacial score (nSPS) is 43.9. The second-order valence-electron chi connectivity index (χ2n) is 2.73. The van der Waals surface area contributed by atoms with E-state index in [1.807, 2.05) is 0 Å². The van der Waals surface area contributed by atoms with Crippen LogP contribution in [0, 0.1) is 0 Å². The fourth-order valence-electron chi connectivity index (χ4n) is 0.997. The number of ketones is 1. The molecule has 2 unspecified atom stereocenters. The molecule has 52 valence electrons. The number of carbonyl (C=O) groups excluding carboxylic acids is 1. The first-order valence-electron chi connectivity index (χ1n) is 2.97. The molecule has 1 rings (SSSR count). The van der Waals surface area contributed by atoms with E-state index in [2.05, 4.69) is 0 Å². The summed E-state index contributed by atoms with van der Waals surface area (Å²) in [5.41, 5.74) is -1.17. The topological polar surface area (TPSA) is 57.5 Å². The van der Waals surface area contributed by atoms with Gasteiger partial charge >= 0.3 is 0 Å². The third-order valence-electron chi connectivity index (χ3n) is 1.77. The number of aliphatic hydroxyl groups is 2. The van der Waals surface area contributed by atoms with E-state index in [0.717, 1.165) is 0 Å². The van der Waals surface area contributed by atoms with Gasteiger partial charge in [-0.3, -0.25) is 4.79 Å². The van der Waals surface area contributed by atoms with Gasteiger partial charge in [0.2, 0.25) is 0 Å². The van der Waals surface area contributed by atoms with E-state index in [1.165, 1.54) is 6.92 Å². The van der Waals surface area contributed by atoms with Crippen molar-refractivity contribution >= 4 is 5.78 Å². The third-order valence-corrected chi connectivity index (χ3v) is 1.77. The Bertz CT molecular complexity index is 139. The second-order valence-corrected chi connectivity index (χ2v) is 2.73. The quantitative estimate of drug-likeness (QED) is 0.463. The van der Waals surface area contributed by atoms with Crippen LogP contribution in [0.15, 0.2) is 0 Å². The molecule has 0 aliphatic heterocycles. The van der Waals surface area contributed by atoms with Crippen molar-refractivity contribution < 1.29 is 15.0 Å². The monoisotopic (exact) mass is 130 g/mol. The summed E-state index contributed by atoms with van der Waals surface area (Å²) in [5, 5.41) is 18.1. The molecule has 0 bridgehead atoms. The Balaban J connectivity index is 2.73. The summed E-state index contributed by atoms with van der Waals surface area (Å²) in [6.45, 7) is 1.47.